The van der Waals surface area contributed by atoms with Gasteiger partial charge in [0.15, 0.2) is 0 Å². The Labute approximate surface area is 199 Å². The lowest BCUT2D eigenvalue weighted by Gasteiger charge is -2.36. The Hall–Kier alpha value is -3.41. The average molecular weight is 490 g/mol. The molecule has 2 bridgehead atoms. The Morgan fingerprint density at radius 2 is 1.80 bits per heavy atom. The molecule has 0 spiro atoms. The van der Waals surface area contributed by atoms with Gasteiger partial charge in [-0.3, -0.25) is 4.79 Å². The smallest absolute Gasteiger partial charge is 0.377 e. The van der Waals surface area contributed by atoms with Gasteiger partial charge in [-0.05, 0) is 49.9 Å². The lowest BCUT2D eigenvalue weighted by molar-refractivity contribution is -0.141. The van der Waals surface area contributed by atoms with Gasteiger partial charge in [-0.25, -0.2) is 14.8 Å². The molecule has 0 aliphatic carbocycles. The van der Waals surface area contributed by atoms with E-state index < -0.39 is 23.9 Å². The number of hydrogen-bond donors (Lipinski definition) is 2. The lowest BCUT2D eigenvalue weighted by atomic mass is 10.0. The number of pyridine rings is 2. The quantitative estimate of drug-likeness (QED) is 0.683. The number of aromatic nitrogens is 2. The number of amides is 3. The van der Waals surface area contributed by atoms with Crippen molar-refractivity contribution in [2.75, 3.05) is 34.9 Å². The van der Waals surface area contributed by atoms with Crippen molar-refractivity contribution >= 4 is 29.1 Å². The Balaban J connectivity index is 1.20. The van der Waals surface area contributed by atoms with Gasteiger partial charge < -0.3 is 25.2 Å². The fraction of sp³-hybridized carbons (Fsp3) is 0.478. The summed E-state index contributed by atoms with van der Waals surface area (Å²) >= 11 is 0. The second-order valence-electron chi connectivity index (χ2n) is 8.92. The molecule has 35 heavy (non-hydrogen) atoms. The molecule has 0 saturated carbocycles. The van der Waals surface area contributed by atoms with E-state index in [0.29, 0.717) is 50.4 Å². The van der Waals surface area contributed by atoms with Crippen LogP contribution in [0.3, 0.4) is 0 Å². The minimum absolute atomic E-state index is 0.0903. The van der Waals surface area contributed by atoms with E-state index in [1.807, 2.05) is 12.1 Å². The van der Waals surface area contributed by atoms with Crippen LogP contribution in [0, 0.1) is 0 Å². The molecule has 1 unspecified atom stereocenters. The van der Waals surface area contributed by atoms with Crippen LogP contribution in [0.5, 0.6) is 0 Å². The van der Waals surface area contributed by atoms with Crippen LogP contribution in [0.25, 0.3) is 0 Å². The number of alkyl halides is 3. The molecule has 12 heteroatoms. The first kappa shape index (κ1) is 23.3. The predicted molar refractivity (Wildman–Crippen MR) is 121 cm³/mol. The maximum absolute atomic E-state index is 13.1. The predicted octanol–water partition coefficient (Wildman–Crippen LogP) is 3.18. The number of piperidine rings is 1. The molecule has 3 atom stereocenters. The van der Waals surface area contributed by atoms with Crippen LogP contribution in [0.15, 0.2) is 36.7 Å². The Kier molecular flexibility index (Phi) is 6.22. The van der Waals surface area contributed by atoms with Crippen LogP contribution in [0.2, 0.25) is 0 Å². The third kappa shape index (κ3) is 4.88. The number of nitrogens with zero attached hydrogens (tertiary/aromatic N) is 4. The summed E-state index contributed by atoms with van der Waals surface area (Å²) in [6.45, 7) is 1.90. The van der Waals surface area contributed by atoms with E-state index in [9.17, 15) is 22.8 Å². The van der Waals surface area contributed by atoms with Gasteiger partial charge in [0.05, 0.1) is 49.1 Å². The van der Waals surface area contributed by atoms with Crippen molar-refractivity contribution < 1.29 is 27.5 Å². The molecule has 2 aromatic heterocycles. The third-order valence-corrected chi connectivity index (χ3v) is 6.60. The molecule has 2 N–H and O–H groups in total. The summed E-state index contributed by atoms with van der Waals surface area (Å²) in [5, 5.41) is 5.03. The summed E-state index contributed by atoms with van der Waals surface area (Å²) < 4.78 is 43.6. The van der Waals surface area contributed by atoms with Gasteiger partial charge in [0.1, 0.15) is 17.6 Å². The summed E-state index contributed by atoms with van der Waals surface area (Å²) in [5.74, 6) is 0.603. The summed E-state index contributed by atoms with van der Waals surface area (Å²) in [5.41, 5.74) is -0.312. The highest BCUT2D eigenvalue weighted by molar-refractivity contribution is 6.01. The monoisotopic (exact) mass is 490 g/mol. The number of halogens is 3. The molecule has 2 aromatic rings. The van der Waals surface area contributed by atoms with Gasteiger partial charge in [0, 0.05) is 6.54 Å². The van der Waals surface area contributed by atoms with E-state index in [2.05, 4.69) is 25.5 Å². The summed E-state index contributed by atoms with van der Waals surface area (Å²) in [4.78, 5) is 37.2. The zero-order valence-electron chi connectivity index (χ0n) is 18.8. The summed E-state index contributed by atoms with van der Waals surface area (Å²) in [7, 11) is 0. The molecule has 3 aliphatic heterocycles. The average Bonchev–Trinajstić information content (AvgIpc) is 3.08. The van der Waals surface area contributed by atoms with Crippen LogP contribution >= 0.6 is 0 Å². The maximum Gasteiger partial charge on any atom is 0.433 e. The van der Waals surface area contributed by atoms with Crippen molar-refractivity contribution in [1.82, 2.24) is 15.3 Å². The number of anilines is 3. The van der Waals surface area contributed by atoms with Gasteiger partial charge >= 0.3 is 12.2 Å². The van der Waals surface area contributed by atoms with Gasteiger partial charge in [-0.15, -0.1) is 0 Å². The topological polar surface area (TPSA) is 99.7 Å². The number of morpholine rings is 1. The normalized spacial score (nSPS) is 24.4. The standard InChI is InChI=1S/C23H25F3N6O3/c24-23(25,26)19-7-3-14(10-27-19)29-22(34)30-18-2-1-9-31(21(18)33)15-6-8-20(28-11-15)32-16-4-5-17(32)13-35-12-16/h3,6-8,10-11,16-18H,1-2,4-5,9,12-13H2,(H2,29,30,34)/t16-,17+,18?. The first-order chi connectivity index (χ1) is 16.8. The van der Waals surface area contributed by atoms with Crippen molar-refractivity contribution in [3.63, 3.8) is 0 Å². The molecule has 5 heterocycles. The van der Waals surface area contributed by atoms with Crippen molar-refractivity contribution in [1.29, 1.82) is 0 Å². The Morgan fingerprint density at radius 3 is 2.43 bits per heavy atom. The number of urea groups is 1. The third-order valence-electron chi connectivity index (χ3n) is 6.60. The molecule has 0 aromatic carbocycles. The Morgan fingerprint density at radius 1 is 1.03 bits per heavy atom. The summed E-state index contributed by atoms with van der Waals surface area (Å²) in [6.07, 6.45) is 1.33. The van der Waals surface area contributed by atoms with Crippen molar-refractivity contribution in [3.8, 4) is 0 Å². The van der Waals surface area contributed by atoms with Gasteiger partial charge in [0.25, 0.3) is 0 Å². The van der Waals surface area contributed by atoms with Crippen LogP contribution in [0.1, 0.15) is 31.4 Å². The number of fused-ring (bicyclic) bond motifs is 2. The van der Waals surface area contributed by atoms with E-state index in [4.69, 9.17) is 4.74 Å². The van der Waals surface area contributed by atoms with Crippen LogP contribution < -0.4 is 20.4 Å². The minimum Gasteiger partial charge on any atom is -0.377 e. The zero-order chi connectivity index (χ0) is 24.6. The van der Waals surface area contributed by atoms with Crippen molar-refractivity contribution in [3.05, 3.63) is 42.4 Å². The molecule has 186 valence electrons. The fourth-order valence-electron chi connectivity index (χ4n) is 4.92. The highest BCUT2D eigenvalue weighted by atomic mass is 19.4. The van der Waals surface area contributed by atoms with Gasteiger partial charge in [-0.1, -0.05) is 0 Å². The molecule has 3 aliphatic rings. The first-order valence-corrected chi connectivity index (χ1v) is 11.5. The lowest BCUT2D eigenvalue weighted by Crippen LogP contribution is -2.53. The maximum atomic E-state index is 13.1. The largest absolute Gasteiger partial charge is 0.433 e. The second kappa shape index (κ2) is 9.33. The van der Waals surface area contributed by atoms with E-state index in [0.717, 1.165) is 37.0 Å². The molecule has 3 saturated heterocycles. The molecular weight excluding hydrogens is 465 g/mol. The van der Waals surface area contributed by atoms with Crippen LogP contribution in [0.4, 0.5) is 35.2 Å². The van der Waals surface area contributed by atoms with Gasteiger partial charge in [-0.2, -0.15) is 13.2 Å². The first-order valence-electron chi connectivity index (χ1n) is 11.5. The van der Waals surface area contributed by atoms with Crippen LogP contribution in [-0.4, -0.2) is 59.8 Å². The molecular formula is C23H25F3N6O3. The molecule has 3 fully saturated rings. The van der Waals surface area contributed by atoms with E-state index >= 15 is 0 Å². The second-order valence-corrected chi connectivity index (χ2v) is 8.92. The van der Waals surface area contributed by atoms with E-state index in [-0.39, 0.29) is 11.6 Å². The number of carbonyl (C=O) groups is 2. The Bertz CT molecular complexity index is 1060. The van der Waals surface area contributed by atoms with Crippen LogP contribution in [-0.2, 0) is 15.7 Å². The number of carbonyl (C=O) groups excluding carboxylic acids is 2. The number of rotatable bonds is 4. The number of hydrogen-bond acceptors (Lipinski definition) is 6. The minimum atomic E-state index is -4.56. The highest BCUT2D eigenvalue weighted by Gasteiger charge is 2.38. The zero-order valence-corrected chi connectivity index (χ0v) is 18.8. The van der Waals surface area contributed by atoms with Crippen molar-refractivity contribution in [2.45, 2.75) is 50.0 Å². The van der Waals surface area contributed by atoms with E-state index in [1.165, 1.54) is 0 Å². The SMILES string of the molecule is O=C(Nc1ccc(C(F)(F)F)nc1)NC1CCCN(c2ccc(N3[C@@H]4CC[C@H]3COC4)nc2)C1=O. The number of ether oxygens (including phenoxy) is 1. The number of nitrogens with one attached hydrogen (secondary N) is 2. The molecule has 9 nitrogen and oxygen atoms in total. The molecule has 0 radical (unpaired) electrons. The summed E-state index contributed by atoms with van der Waals surface area (Å²) in [6, 6.07) is 4.88. The van der Waals surface area contributed by atoms with Gasteiger partial charge in [0.2, 0.25) is 5.91 Å². The fourth-order valence-corrected chi connectivity index (χ4v) is 4.92. The molecule has 3 amide bonds. The van der Waals surface area contributed by atoms with E-state index in [1.54, 1.807) is 11.1 Å². The highest BCUT2D eigenvalue weighted by Crippen LogP contribution is 2.33. The molecule has 5 rings (SSSR count). The van der Waals surface area contributed by atoms with Crippen molar-refractivity contribution in [2.24, 2.45) is 0 Å².